The minimum atomic E-state index is -1.38. The van der Waals surface area contributed by atoms with Gasteiger partial charge >= 0.3 is 11.9 Å². The molecule has 1 saturated heterocycles. The van der Waals surface area contributed by atoms with Crippen molar-refractivity contribution in [1.82, 2.24) is 4.57 Å². The fourth-order valence-corrected chi connectivity index (χ4v) is 5.39. The molecule has 0 N–H and O–H groups in total. The van der Waals surface area contributed by atoms with Gasteiger partial charge in [-0.1, -0.05) is 81.5 Å². The number of carbonyl (C=O) groups excluding carboxylic acids is 2. The Morgan fingerprint density at radius 2 is 1.54 bits per heavy atom. The SMILES string of the molecule is CCCCCCCCOc1ccc([C@@H](c2n(Cc3ccccc3)c(C)c(C)[n+]2[O-])C2C(=O)OC(C)(C)OC2=O)cc1. The molecule has 0 aliphatic carbocycles. The van der Waals surface area contributed by atoms with Gasteiger partial charge in [0, 0.05) is 27.7 Å². The molecular weight excluding hydrogens is 520 g/mol. The Bertz CT molecular complexity index is 1310. The number of esters is 2. The van der Waals surface area contributed by atoms with Crippen LogP contribution in [0.3, 0.4) is 0 Å². The average Bonchev–Trinajstić information content (AvgIpc) is 3.14. The summed E-state index contributed by atoms with van der Waals surface area (Å²) in [5.41, 5.74) is 2.85. The van der Waals surface area contributed by atoms with Crippen molar-refractivity contribution in [3.05, 3.63) is 88.1 Å². The molecule has 0 spiro atoms. The molecule has 1 aliphatic rings. The zero-order valence-electron chi connectivity index (χ0n) is 24.9. The Morgan fingerprint density at radius 3 is 2.17 bits per heavy atom. The number of rotatable bonds is 13. The first-order chi connectivity index (χ1) is 19.6. The molecule has 220 valence electrons. The number of imidazole rings is 1. The minimum absolute atomic E-state index is 0.281. The van der Waals surface area contributed by atoms with Gasteiger partial charge in [-0.15, -0.1) is 0 Å². The first kappa shape index (κ1) is 30.2. The lowest BCUT2D eigenvalue weighted by molar-refractivity contribution is -0.621. The molecule has 8 nitrogen and oxygen atoms in total. The molecule has 0 radical (unpaired) electrons. The predicted molar refractivity (Wildman–Crippen MR) is 155 cm³/mol. The van der Waals surface area contributed by atoms with Crippen molar-refractivity contribution in [1.29, 1.82) is 0 Å². The maximum atomic E-state index is 13.7. The second kappa shape index (κ2) is 13.2. The van der Waals surface area contributed by atoms with Crippen LogP contribution in [0.5, 0.6) is 5.75 Å². The Labute approximate surface area is 242 Å². The van der Waals surface area contributed by atoms with Gasteiger partial charge in [0.1, 0.15) is 29.6 Å². The maximum absolute atomic E-state index is 13.7. The van der Waals surface area contributed by atoms with Crippen LogP contribution in [-0.4, -0.2) is 28.9 Å². The quantitative estimate of drug-likeness (QED) is 0.0820. The summed E-state index contributed by atoms with van der Waals surface area (Å²) in [5.74, 6) is -4.13. The van der Waals surface area contributed by atoms with E-state index in [1.54, 1.807) is 6.92 Å². The molecule has 3 aromatic rings. The first-order valence-electron chi connectivity index (χ1n) is 14.6. The van der Waals surface area contributed by atoms with Crippen molar-refractivity contribution in [2.45, 2.75) is 91.4 Å². The van der Waals surface area contributed by atoms with Gasteiger partial charge in [-0.25, -0.2) is 9.30 Å². The smallest absolute Gasteiger partial charge is 0.324 e. The highest BCUT2D eigenvalue weighted by Gasteiger charge is 2.52. The van der Waals surface area contributed by atoms with E-state index < -0.39 is 29.6 Å². The molecule has 0 saturated carbocycles. The molecule has 1 fully saturated rings. The van der Waals surface area contributed by atoms with Crippen LogP contribution in [0.1, 0.15) is 93.6 Å². The second-order valence-electron chi connectivity index (χ2n) is 11.3. The summed E-state index contributed by atoms with van der Waals surface area (Å²) in [5, 5.41) is 13.7. The highest BCUT2D eigenvalue weighted by molar-refractivity contribution is 5.98. The van der Waals surface area contributed by atoms with E-state index in [-0.39, 0.29) is 5.82 Å². The zero-order valence-corrected chi connectivity index (χ0v) is 24.9. The first-order valence-corrected chi connectivity index (χ1v) is 14.6. The van der Waals surface area contributed by atoms with Crippen LogP contribution in [0.25, 0.3) is 0 Å². The summed E-state index contributed by atoms with van der Waals surface area (Å²) in [6, 6.07) is 17.0. The van der Waals surface area contributed by atoms with Gasteiger partial charge in [0.2, 0.25) is 0 Å². The van der Waals surface area contributed by atoms with E-state index >= 15 is 0 Å². The van der Waals surface area contributed by atoms with Crippen LogP contribution in [0, 0.1) is 25.0 Å². The highest BCUT2D eigenvalue weighted by atomic mass is 16.7. The maximum Gasteiger partial charge on any atom is 0.324 e. The number of carbonyl (C=O) groups is 2. The fraction of sp³-hybridized carbons (Fsp3) is 0.485. The van der Waals surface area contributed by atoms with Crippen LogP contribution < -0.4 is 9.47 Å². The third-order valence-corrected chi connectivity index (χ3v) is 7.72. The zero-order chi connectivity index (χ0) is 29.6. The summed E-state index contributed by atoms with van der Waals surface area (Å²) in [4.78, 5) is 26.7. The summed E-state index contributed by atoms with van der Waals surface area (Å²) < 4.78 is 19.7. The molecular formula is C33H42N2O6. The molecule has 2 heterocycles. The van der Waals surface area contributed by atoms with E-state index in [0.717, 1.165) is 28.8 Å². The molecule has 0 unspecified atom stereocenters. The van der Waals surface area contributed by atoms with Crippen molar-refractivity contribution in [3.8, 4) is 5.75 Å². The standard InChI is InChI=1S/C33H42N2O6/c1-6-7-8-9-10-14-21-39-27-19-17-26(18-20-27)28(29-31(36)40-33(4,5)41-32(29)37)30-34(23(2)24(3)35(30)38)22-25-15-12-11-13-16-25/h11-13,15-20,28-29H,6-10,14,21-22H2,1-5H3/t28-/m1/s1. The van der Waals surface area contributed by atoms with Crippen LogP contribution in [0.2, 0.25) is 0 Å². The molecule has 41 heavy (non-hydrogen) atoms. The van der Waals surface area contributed by atoms with Gasteiger partial charge in [-0.2, -0.15) is 0 Å². The van der Waals surface area contributed by atoms with Crippen molar-refractivity contribution in [2.75, 3.05) is 6.61 Å². The number of nitrogens with zero attached hydrogens (tertiary/aromatic N) is 2. The van der Waals surface area contributed by atoms with Crippen LogP contribution in [0.15, 0.2) is 54.6 Å². The normalized spacial score (nSPS) is 15.8. The fourth-order valence-electron chi connectivity index (χ4n) is 5.39. The van der Waals surface area contributed by atoms with Crippen LogP contribution >= 0.6 is 0 Å². The Hall–Kier alpha value is -3.81. The number of ether oxygens (including phenoxy) is 3. The van der Waals surface area contributed by atoms with Gasteiger partial charge in [0.05, 0.1) is 6.61 Å². The van der Waals surface area contributed by atoms with Gasteiger partial charge in [-0.3, -0.25) is 9.59 Å². The molecule has 1 aliphatic heterocycles. The van der Waals surface area contributed by atoms with E-state index in [4.69, 9.17) is 14.2 Å². The lowest BCUT2D eigenvalue weighted by Gasteiger charge is -2.35. The van der Waals surface area contributed by atoms with E-state index in [0.29, 0.717) is 30.2 Å². The lowest BCUT2D eigenvalue weighted by Crippen LogP contribution is -2.50. The van der Waals surface area contributed by atoms with E-state index in [2.05, 4.69) is 6.92 Å². The third kappa shape index (κ3) is 7.10. The molecule has 8 heteroatoms. The van der Waals surface area contributed by atoms with E-state index in [1.165, 1.54) is 39.5 Å². The average molecular weight is 563 g/mol. The Morgan fingerprint density at radius 1 is 0.927 bits per heavy atom. The van der Waals surface area contributed by atoms with Crippen molar-refractivity contribution in [3.63, 3.8) is 0 Å². The largest absolute Gasteiger partial charge is 0.711 e. The van der Waals surface area contributed by atoms with E-state index in [1.807, 2.05) is 66.1 Å². The number of hydrogen-bond acceptors (Lipinski definition) is 6. The van der Waals surface area contributed by atoms with Crippen molar-refractivity contribution in [2.24, 2.45) is 5.92 Å². The van der Waals surface area contributed by atoms with Gasteiger partial charge in [0.25, 0.3) is 11.6 Å². The van der Waals surface area contributed by atoms with Gasteiger partial charge < -0.3 is 19.4 Å². The molecule has 1 aromatic heterocycles. The third-order valence-electron chi connectivity index (χ3n) is 7.72. The molecule has 1 atom stereocenters. The predicted octanol–water partition coefficient (Wildman–Crippen LogP) is 6.11. The number of hydrogen-bond donors (Lipinski definition) is 0. The van der Waals surface area contributed by atoms with Crippen LogP contribution in [-0.2, 0) is 25.6 Å². The molecule has 4 rings (SSSR count). The molecule has 2 aromatic carbocycles. The summed E-state index contributed by atoms with van der Waals surface area (Å²) in [7, 11) is 0. The monoisotopic (exact) mass is 562 g/mol. The molecule has 0 bridgehead atoms. The minimum Gasteiger partial charge on any atom is -0.711 e. The number of aromatic nitrogens is 2. The Kier molecular flexibility index (Phi) is 9.73. The highest BCUT2D eigenvalue weighted by Crippen LogP contribution is 2.38. The molecule has 0 amide bonds. The van der Waals surface area contributed by atoms with Gasteiger partial charge in [0.15, 0.2) is 5.92 Å². The topological polar surface area (TPSA) is 93.7 Å². The summed E-state index contributed by atoms with van der Waals surface area (Å²) in [6.45, 7) is 9.86. The number of benzene rings is 2. The summed E-state index contributed by atoms with van der Waals surface area (Å²) in [6.07, 6.45) is 7.05. The Balaban J connectivity index is 1.68. The van der Waals surface area contributed by atoms with Gasteiger partial charge in [-0.05, 0) is 29.7 Å². The van der Waals surface area contributed by atoms with E-state index in [9.17, 15) is 14.8 Å². The van der Waals surface area contributed by atoms with Crippen LogP contribution in [0.4, 0.5) is 0 Å². The lowest BCUT2D eigenvalue weighted by atomic mass is 9.84. The van der Waals surface area contributed by atoms with Crippen molar-refractivity contribution < 1.29 is 28.5 Å². The van der Waals surface area contributed by atoms with Crippen molar-refractivity contribution >= 4 is 11.9 Å². The second-order valence-corrected chi connectivity index (χ2v) is 11.3. The number of unbranched alkanes of at least 4 members (excludes halogenated alkanes) is 5. The number of cyclic esters (lactones) is 2. The summed E-state index contributed by atoms with van der Waals surface area (Å²) >= 11 is 0.